The second kappa shape index (κ2) is 12.0. The molecular formula is C19H32IN3O3. The molecule has 0 unspecified atom stereocenters. The highest BCUT2D eigenvalue weighted by Crippen LogP contribution is 2.33. The summed E-state index contributed by atoms with van der Waals surface area (Å²) in [5, 5.41) is 6.57. The third kappa shape index (κ3) is 7.41. The highest BCUT2D eigenvalue weighted by atomic mass is 127. The molecule has 0 bridgehead atoms. The van der Waals surface area contributed by atoms with E-state index in [1.165, 1.54) is 0 Å². The van der Waals surface area contributed by atoms with Gasteiger partial charge in [0.25, 0.3) is 0 Å². The normalized spacial score (nSPS) is 11.4. The molecule has 1 rings (SSSR count). The van der Waals surface area contributed by atoms with Crippen molar-refractivity contribution in [1.29, 1.82) is 0 Å². The quantitative estimate of drug-likeness (QED) is 0.248. The molecule has 6 nitrogen and oxygen atoms in total. The fourth-order valence-electron chi connectivity index (χ4n) is 2.29. The van der Waals surface area contributed by atoms with E-state index < -0.39 is 0 Å². The van der Waals surface area contributed by atoms with E-state index in [2.05, 4.69) is 28.3 Å². The van der Waals surface area contributed by atoms with Gasteiger partial charge in [-0.2, -0.15) is 0 Å². The summed E-state index contributed by atoms with van der Waals surface area (Å²) in [4.78, 5) is 4.24. The second-order valence-electron chi connectivity index (χ2n) is 6.23. The maximum atomic E-state index is 5.47. The van der Waals surface area contributed by atoms with Crippen LogP contribution >= 0.6 is 24.0 Å². The van der Waals surface area contributed by atoms with Crippen LogP contribution in [0, 0.1) is 0 Å². The first-order valence-corrected chi connectivity index (χ1v) is 8.25. The van der Waals surface area contributed by atoms with Crippen LogP contribution in [0.1, 0.15) is 25.0 Å². The van der Waals surface area contributed by atoms with Crippen molar-refractivity contribution < 1.29 is 14.2 Å². The molecule has 0 aliphatic heterocycles. The zero-order valence-corrected chi connectivity index (χ0v) is 19.0. The van der Waals surface area contributed by atoms with Crippen LogP contribution in [0.2, 0.25) is 0 Å². The van der Waals surface area contributed by atoms with Crippen LogP contribution in [0.25, 0.3) is 0 Å². The highest BCUT2D eigenvalue weighted by Gasteiger charge is 2.17. The lowest BCUT2D eigenvalue weighted by Crippen LogP contribution is -2.45. The first-order valence-electron chi connectivity index (χ1n) is 8.25. The van der Waals surface area contributed by atoms with Gasteiger partial charge in [0, 0.05) is 32.8 Å². The van der Waals surface area contributed by atoms with Gasteiger partial charge < -0.3 is 24.8 Å². The fourth-order valence-corrected chi connectivity index (χ4v) is 2.29. The summed E-state index contributed by atoms with van der Waals surface area (Å²) in [7, 11) is 6.72. The molecule has 0 saturated heterocycles. The maximum Gasteiger partial charge on any atom is 0.191 e. The number of nitrogens with zero attached hydrogens (tertiary/aromatic N) is 1. The minimum Gasteiger partial charge on any atom is -0.493 e. The zero-order valence-electron chi connectivity index (χ0n) is 16.6. The van der Waals surface area contributed by atoms with Crippen LogP contribution in [-0.2, 0) is 17.7 Å². The third-order valence-corrected chi connectivity index (χ3v) is 3.90. The smallest absolute Gasteiger partial charge is 0.191 e. The molecule has 1 aromatic rings. The Morgan fingerprint density at radius 2 is 1.88 bits per heavy atom. The molecule has 1 aromatic carbocycles. The topological polar surface area (TPSA) is 64.1 Å². The number of methoxy groups -OCH3 is 3. The molecular weight excluding hydrogens is 445 g/mol. The van der Waals surface area contributed by atoms with Gasteiger partial charge in [-0.05, 0) is 38.0 Å². The average molecular weight is 477 g/mol. The van der Waals surface area contributed by atoms with Crippen molar-refractivity contribution in [3.63, 3.8) is 0 Å². The van der Waals surface area contributed by atoms with E-state index in [-0.39, 0.29) is 29.6 Å². The van der Waals surface area contributed by atoms with Crippen LogP contribution in [0.3, 0.4) is 0 Å². The molecule has 26 heavy (non-hydrogen) atoms. The van der Waals surface area contributed by atoms with E-state index in [4.69, 9.17) is 14.2 Å². The highest BCUT2D eigenvalue weighted by molar-refractivity contribution is 14.0. The van der Waals surface area contributed by atoms with E-state index in [1.807, 2.05) is 26.0 Å². The number of hydrogen-bond acceptors (Lipinski definition) is 4. The van der Waals surface area contributed by atoms with Crippen LogP contribution in [-0.4, -0.2) is 46.5 Å². The van der Waals surface area contributed by atoms with Crippen molar-refractivity contribution in [2.45, 2.75) is 32.4 Å². The van der Waals surface area contributed by atoms with Crippen molar-refractivity contribution in [3.8, 4) is 11.5 Å². The summed E-state index contributed by atoms with van der Waals surface area (Å²) in [6.45, 7) is 9.10. The van der Waals surface area contributed by atoms with E-state index in [0.717, 1.165) is 16.9 Å². The average Bonchev–Trinajstić information content (AvgIpc) is 2.61. The summed E-state index contributed by atoms with van der Waals surface area (Å²) < 4.78 is 16.3. The van der Waals surface area contributed by atoms with Crippen molar-refractivity contribution in [3.05, 3.63) is 35.9 Å². The van der Waals surface area contributed by atoms with Crippen molar-refractivity contribution >= 4 is 29.9 Å². The molecule has 0 aromatic heterocycles. The molecule has 0 aliphatic rings. The molecule has 148 valence electrons. The molecule has 0 radical (unpaired) electrons. The lowest BCUT2D eigenvalue weighted by molar-refractivity contribution is 0.0268. The number of benzene rings is 1. The number of ether oxygens (including phenoxy) is 3. The van der Waals surface area contributed by atoms with Gasteiger partial charge in [0.1, 0.15) is 0 Å². The first kappa shape index (κ1) is 24.5. The van der Waals surface area contributed by atoms with Gasteiger partial charge in [0.15, 0.2) is 17.5 Å². The molecule has 0 saturated carbocycles. The number of aliphatic imine (C=N–C) groups is 1. The number of hydrogen-bond donors (Lipinski definition) is 2. The Morgan fingerprint density at radius 1 is 1.19 bits per heavy atom. The van der Waals surface area contributed by atoms with E-state index in [0.29, 0.717) is 31.2 Å². The van der Waals surface area contributed by atoms with Crippen LogP contribution in [0.5, 0.6) is 11.5 Å². The largest absolute Gasteiger partial charge is 0.493 e. The van der Waals surface area contributed by atoms with E-state index in [1.54, 1.807) is 28.4 Å². The minimum absolute atomic E-state index is 0. The third-order valence-electron chi connectivity index (χ3n) is 3.90. The number of rotatable bonds is 9. The summed E-state index contributed by atoms with van der Waals surface area (Å²) in [5.41, 5.74) is 1.85. The van der Waals surface area contributed by atoms with Gasteiger partial charge in [-0.3, -0.25) is 4.99 Å². The zero-order chi connectivity index (χ0) is 18.9. The van der Waals surface area contributed by atoms with Gasteiger partial charge >= 0.3 is 0 Å². The molecule has 0 aliphatic carbocycles. The fraction of sp³-hybridized carbons (Fsp3) is 0.526. The summed E-state index contributed by atoms with van der Waals surface area (Å²) in [5.74, 6) is 2.17. The number of guanidine groups is 1. The Hall–Kier alpha value is -1.48. The summed E-state index contributed by atoms with van der Waals surface area (Å²) in [6, 6.07) is 4.05. The molecule has 0 spiro atoms. The predicted molar refractivity (Wildman–Crippen MR) is 118 cm³/mol. The Labute approximate surface area is 174 Å². The lowest BCUT2D eigenvalue weighted by atomic mass is 10.1. The molecule has 7 heteroatoms. The Morgan fingerprint density at radius 3 is 2.38 bits per heavy atom. The minimum atomic E-state index is -0.266. The number of nitrogens with one attached hydrogen (secondary N) is 2. The first-order chi connectivity index (χ1) is 11.9. The van der Waals surface area contributed by atoms with Crippen LogP contribution < -0.4 is 20.1 Å². The second-order valence-corrected chi connectivity index (χ2v) is 6.23. The van der Waals surface area contributed by atoms with Crippen LogP contribution in [0.15, 0.2) is 29.8 Å². The summed E-state index contributed by atoms with van der Waals surface area (Å²) >= 11 is 0. The van der Waals surface area contributed by atoms with Gasteiger partial charge in [-0.1, -0.05) is 6.08 Å². The predicted octanol–water partition coefficient (Wildman–Crippen LogP) is 3.14. The molecule has 2 N–H and O–H groups in total. The standard InChI is InChI=1S/C19H31N3O3.HI/c1-8-9-15-10-14(11-16(23-5)17(15)24-6)12-21-18(20-4)22-13-19(2,3)25-7;/h8,10-11H,1,9,12-13H2,2-7H3,(H2,20,21,22);1H. The van der Waals surface area contributed by atoms with Gasteiger partial charge in [0.2, 0.25) is 0 Å². The van der Waals surface area contributed by atoms with Crippen molar-refractivity contribution in [2.24, 2.45) is 4.99 Å². The Balaban J connectivity index is 0.00000625. The van der Waals surface area contributed by atoms with E-state index in [9.17, 15) is 0 Å². The lowest BCUT2D eigenvalue weighted by Gasteiger charge is -2.24. The van der Waals surface area contributed by atoms with Crippen molar-refractivity contribution in [2.75, 3.05) is 34.9 Å². The molecule has 0 fully saturated rings. The molecule has 0 atom stereocenters. The van der Waals surface area contributed by atoms with Gasteiger partial charge in [0.05, 0.1) is 19.8 Å². The maximum absolute atomic E-state index is 5.47. The monoisotopic (exact) mass is 477 g/mol. The van der Waals surface area contributed by atoms with Gasteiger partial charge in [-0.25, -0.2) is 0 Å². The van der Waals surface area contributed by atoms with Crippen molar-refractivity contribution in [1.82, 2.24) is 10.6 Å². The number of allylic oxidation sites excluding steroid dienone is 1. The Bertz CT molecular complexity index is 604. The number of halogens is 1. The summed E-state index contributed by atoms with van der Waals surface area (Å²) in [6.07, 6.45) is 2.56. The SMILES string of the molecule is C=CCc1cc(CNC(=NC)NCC(C)(C)OC)cc(OC)c1OC.I. The van der Waals surface area contributed by atoms with Crippen LogP contribution in [0.4, 0.5) is 0 Å². The van der Waals surface area contributed by atoms with E-state index >= 15 is 0 Å². The molecule has 0 amide bonds. The molecule has 0 heterocycles. The Kier molecular flexibility index (Phi) is 11.3. The van der Waals surface area contributed by atoms with Gasteiger partial charge in [-0.15, -0.1) is 30.6 Å².